The van der Waals surface area contributed by atoms with Crippen molar-refractivity contribution in [2.24, 2.45) is 0 Å². The Balaban J connectivity index is 1.59. The van der Waals surface area contributed by atoms with Crippen molar-refractivity contribution in [3.05, 3.63) is 76.4 Å². The first-order valence-electron chi connectivity index (χ1n) is 9.84. The average molecular weight is 410 g/mol. The Bertz CT molecular complexity index is 1020. The van der Waals surface area contributed by atoms with Crippen LogP contribution < -0.4 is 5.32 Å². The lowest BCUT2D eigenvalue weighted by Gasteiger charge is -2.35. The van der Waals surface area contributed by atoms with Crippen LogP contribution in [0.2, 0.25) is 5.02 Å². The number of morpholine rings is 1. The minimum atomic E-state index is -0.1000. The molecule has 3 aromatic rings. The number of rotatable bonds is 5. The molecule has 4 rings (SSSR count). The summed E-state index contributed by atoms with van der Waals surface area (Å²) < 4.78 is 5.50. The molecule has 29 heavy (non-hydrogen) atoms. The number of benzene rings is 2. The maximum absolute atomic E-state index is 13.1. The summed E-state index contributed by atoms with van der Waals surface area (Å²) in [5.74, 6) is -0.1000. The number of hydrogen-bond donors (Lipinski definition) is 1. The molecule has 150 valence electrons. The molecule has 1 fully saturated rings. The lowest BCUT2D eigenvalue weighted by molar-refractivity contribution is 0.0162. The number of aromatic nitrogens is 1. The molecule has 6 heteroatoms. The van der Waals surface area contributed by atoms with E-state index in [1.807, 2.05) is 61.5 Å². The predicted octanol–water partition coefficient (Wildman–Crippen LogP) is 4.00. The molecule has 2 heterocycles. The van der Waals surface area contributed by atoms with Crippen LogP contribution in [-0.2, 0) is 4.74 Å². The zero-order chi connectivity index (χ0) is 20.2. The number of halogens is 1. The molecule has 2 aromatic carbocycles. The molecular weight excluding hydrogens is 386 g/mol. The van der Waals surface area contributed by atoms with Gasteiger partial charge in [0.05, 0.1) is 30.3 Å². The van der Waals surface area contributed by atoms with Crippen LogP contribution in [0, 0.1) is 6.92 Å². The average Bonchev–Trinajstić information content (AvgIpc) is 2.75. The molecule has 1 N–H and O–H groups in total. The largest absolute Gasteiger partial charge is 0.379 e. The number of hydrogen-bond acceptors (Lipinski definition) is 4. The van der Waals surface area contributed by atoms with Crippen molar-refractivity contribution >= 4 is 28.4 Å². The van der Waals surface area contributed by atoms with E-state index in [9.17, 15) is 4.79 Å². The highest BCUT2D eigenvalue weighted by atomic mass is 35.5. The second kappa shape index (κ2) is 8.91. The summed E-state index contributed by atoms with van der Waals surface area (Å²) >= 11 is 6.49. The van der Waals surface area contributed by atoms with Crippen molar-refractivity contribution in [3.63, 3.8) is 0 Å². The number of aryl methyl sites for hydroxylation is 1. The highest BCUT2D eigenvalue weighted by molar-refractivity contribution is 6.31. The van der Waals surface area contributed by atoms with E-state index in [-0.39, 0.29) is 11.9 Å². The first kappa shape index (κ1) is 19.8. The van der Waals surface area contributed by atoms with E-state index in [4.69, 9.17) is 16.3 Å². The smallest absolute Gasteiger partial charge is 0.252 e. The van der Waals surface area contributed by atoms with Crippen LogP contribution in [0.1, 0.15) is 27.7 Å². The zero-order valence-corrected chi connectivity index (χ0v) is 17.2. The summed E-state index contributed by atoms with van der Waals surface area (Å²) in [5, 5.41) is 4.70. The van der Waals surface area contributed by atoms with Crippen molar-refractivity contribution in [1.82, 2.24) is 15.2 Å². The van der Waals surface area contributed by atoms with Crippen LogP contribution in [0.5, 0.6) is 0 Å². The number of pyridine rings is 1. The van der Waals surface area contributed by atoms with Crippen molar-refractivity contribution < 1.29 is 9.53 Å². The van der Waals surface area contributed by atoms with Crippen molar-refractivity contribution in [1.29, 1.82) is 0 Å². The molecule has 0 bridgehead atoms. The summed E-state index contributed by atoms with van der Waals surface area (Å²) in [4.78, 5) is 19.9. The van der Waals surface area contributed by atoms with E-state index in [0.29, 0.717) is 30.3 Å². The van der Waals surface area contributed by atoms with Gasteiger partial charge in [0.1, 0.15) is 0 Å². The molecule has 1 saturated heterocycles. The maximum atomic E-state index is 13.1. The minimum Gasteiger partial charge on any atom is -0.379 e. The van der Waals surface area contributed by atoms with Gasteiger partial charge in [0, 0.05) is 35.7 Å². The van der Waals surface area contributed by atoms with Crippen LogP contribution in [0.4, 0.5) is 0 Å². The third kappa shape index (κ3) is 4.42. The van der Waals surface area contributed by atoms with Crippen LogP contribution in [0.25, 0.3) is 10.9 Å². The maximum Gasteiger partial charge on any atom is 0.252 e. The number of fused-ring (bicyclic) bond motifs is 1. The van der Waals surface area contributed by atoms with Gasteiger partial charge in [-0.15, -0.1) is 0 Å². The minimum absolute atomic E-state index is 0.00857. The third-order valence-electron chi connectivity index (χ3n) is 5.30. The molecule has 1 aromatic heterocycles. The van der Waals surface area contributed by atoms with Crippen molar-refractivity contribution in [3.8, 4) is 0 Å². The molecule has 0 radical (unpaired) electrons. The fourth-order valence-electron chi connectivity index (χ4n) is 3.85. The van der Waals surface area contributed by atoms with Crippen LogP contribution in [-0.4, -0.2) is 48.6 Å². The molecule has 0 saturated carbocycles. The number of ether oxygens (including phenoxy) is 1. The molecule has 1 aliphatic rings. The monoisotopic (exact) mass is 409 g/mol. The fraction of sp³-hybridized carbons (Fsp3) is 0.304. The van der Waals surface area contributed by atoms with Crippen LogP contribution >= 0.6 is 11.6 Å². The number of amides is 1. The van der Waals surface area contributed by atoms with Gasteiger partial charge in [0.25, 0.3) is 5.91 Å². The summed E-state index contributed by atoms with van der Waals surface area (Å²) in [6.07, 6.45) is 0. The number of carbonyl (C=O) groups excluding carboxylic acids is 1. The van der Waals surface area contributed by atoms with Crippen LogP contribution in [0.3, 0.4) is 0 Å². The molecule has 1 unspecified atom stereocenters. The predicted molar refractivity (Wildman–Crippen MR) is 115 cm³/mol. The second-order valence-electron chi connectivity index (χ2n) is 7.22. The fourth-order valence-corrected chi connectivity index (χ4v) is 4.11. The van der Waals surface area contributed by atoms with Gasteiger partial charge in [-0.25, -0.2) is 0 Å². The Morgan fingerprint density at radius 3 is 2.69 bits per heavy atom. The Labute approximate surface area is 175 Å². The first-order chi connectivity index (χ1) is 14.1. The quantitative estimate of drug-likeness (QED) is 0.692. The van der Waals surface area contributed by atoms with Gasteiger partial charge >= 0.3 is 0 Å². The summed E-state index contributed by atoms with van der Waals surface area (Å²) in [6.45, 7) is 5.36. The molecule has 5 nitrogen and oxygen atoms in total. The highest BCUT2D eigenvalue weighted by Gasteiger charge is 2.25. The summed E-state index contributed by atoms with van der Waals surface area (Å²) in [5.41, 5.74) is 3.32. The van der Waals surface area contributed by atoms with Gasteiger partial charge in [-0.3, -0.25) is 14.7 Å². The van der Waals surface area contributed by atoms with Crippen molar-refractivity contribution in [2.45, 2.75) is 13.0 Å². The molecule has 0 spiro atoms. The van der Waals surface area contributed by atoms with E-state index in [2.05, 4.69) is 15.2 Å². The third-order valence-corrected chi connectivity index (χ3v) is 5.64. The topological polar surface area (TPSA) is 54.5 Å². The zero-order valence-electron chi connectivity index (χ0n) is 16.4. The molecule has 1 atom stereocenters. The lowest BCUT2D eigenvalue weighted by Crippen LogP contribution is -2.44. The van der Waals surface area contributed by atoms with Gasteiger partial charge in [0.15, 0.2) is 0 Å². The van der Waals surface area contributed by atoms with E-state index < -0.39 is 0 Å². The summed E-state index contributed by atoms with van der Waals surface area (Å²) in [6, 6.07) is 17.4. The van der Waals surface area contributed by atoms with Gasteiger partial charge in [-0.05, 0) is 30.7 Å². The van der Waals surface area contributed by atoms with Crippen LogP contribution in [0.15, 0.2) is 54.6 Å². The molecular formula is C23H24ClN3O2. The number of nitrogens with zero attached hydrogens (tertiary/aromatic N) is 2. The Hall–Kier alpha value is -2.47. The Morgan fingerprint density at radius 1 is 1.17 bits per heavy atom. The number of carbonyl (C=O) groups is 1. The van der Waals surface area contributed by atoms with Gasteiger partial charge in [-0.1, -0.05) is 48.0 Å². The van der Waals surface area contributed by atoms with E-state index in [1.165, 1.54) is 0 Å². The molecule has 1 amide bonds. The van der Waals surface area contributed by atoms with E-state index in [1.54, 1.807) is 0 Å². The SMILES string of the molecule is Cc1cc(C(=O)NCC(c2ccccc2Cl)N2CCOCC2)c2ccccc2n1. The normalized spacial score (nSPS) is 15.9. The molecule has 1 aliphatic heterocycles. The van der Waals surface area contributed by atoms with E-state index >= 15 is 0 Å². The standard InChI is InChI=1S/C23H24ClN3O2/c1-16-14-19(17-6-3-5-9-21(17)26-16)23(28)25-15-22(27-10-12-29-13-11-27)18-7-2-4-8-20(18)24/h2-9,14,22H,10-13,15H2,1H3,(H,25,28). The van der Waals surface area contributed by atoms with Gasteiger partial charge in [-0.2, -0.15) is 0 Å². The molecule has 0 aliphatic carbocycles. The lowest BCUT2D eigenvalue weighted by atomic mass is 10.0. The van der Waals surface area contributed by atoms with Crippen molar-refractivity contribution in [2.75, 3.05) is 32.8 Å². The number of nitrogens with one attached hydrogen (secondary N) is 1. The number of para-hydroxylation sites is 1. The Morgan fingerprint density at radius 2 is 1.90 bits per heavy atom. The Kier molecular flexibility index (Phi) is 6.09. The van der Waals surface area contributed by atoms with E-state index in [0.717, 1.165) is 35.2 Å². The highest BCUT2D eigenvalue weighted by Crippen LogP contribution is 2.28. The van der Waals surface area contributed by atoms with Gasteiger partial charge < -0.3 is 10.1 Å². The van der Waals surface area contributed by atoms with Gasteiger partial charge in [0.2, 0.25) is 0 Å². The first-order valence-corrected chi connectivity index (χ1v) is 10.2. The summed E-state index contributed by atoms with van der Waals surface area (Å²) in [7, 11) is 0. The second-order valence-corrected chi connectivity index (χ2v) is 7.63.